The summed E-state index contributed by atoms with van der Waals surface area (Å²) in [7, 11) is 0. The minimum absolute atomic E-state index is 0.415. The number of aryl methyl sites for hydroxylation is 1. The van der Waals surface area contributed by atoms with Crippen LogP contribution in [-0.2, 0) is 0 Å². The van der Waals surface area contributed by atoms with Crippen LogP contribution in [0.4, 0.5) is 5.69 Å². The van der Waals surface area contributed by atoms with E-state index in [9.17, 15) is 0 Å². The van der Waals surface area contributed by atoms with Gasteiger partial charge in [0.05, 0.1) is 5.71 Å². The van der Waals surface area contributed by atoms with Crippen molar-refractivity contribution in [1.82, 2.24) is 0 Å². The molecule has 0 saturated heterocycles. The second-order valence-electron chi connectivity index (χ2n) is 5.41. The molecule has 0 aliphatic carbocycles. The first-order valence-electron chi connectivity index (χ1n) is 6.50. The fourth-order valence-corrected chi connectivity index (χ4v) is 2.38. The molecule has 0 atom stereocenters. The van der Waals surface area contributed by atoms with E-state index in [4.69, 9.17) is 9.73 Å². The van der Waals surface area contributed by atoms with Gasteiger partial charge in [0.25, 0.3) is 0 Å². The van der Waals surface area contributed by atoms with Crippen molar-refractivity contribution in [1.29, 1.82) is 0 Å². The van der Waals surface area contributed by atoms with Crippen molar-refractivity contribution in [2.75, 3.05) is 0 Å². The van der Waals surface area contributed by atoms with E-state index in [2.05, 4.69) is 39.0 Å². The third-order valence-electron chi connectivity index (χ3n) is 3.33. The smallest absolute Gasteiger partial charge is 0.146 e. The molecule has 0 spiro atoms. The van der Waals surface area contributed by atoms with Crippen LogP contribution in [0.25, 0.3) is 0 Å². The maximum Gasteiger partial charge on any atom is 0.146 e. The molecule has 0 N–H and O–H groups in total. The van der Waals surface area contributed by atoms with Crippen LogP contribution < -0.4 is 4.74 Å². The van der Waals surface area contributed by atoms with E-state index in [1.807, 2.05) is 30.3 Å². The Morgan fingerprint density at radius 2 is 1.74 bits per heavy atom. The van der Waals surface area contributed by atoms with E-state index >= 15 is 0 Å². The van der Waals surface area contributed by atoms with Crippen molar-refractivity contribution in [3.63, 3.8) is 0 Å². The topological polar surface area (TPSA) is 21.6 Å². The van der Waals surface area contributed by atoms with Gasteiger partial charge in [0.15, 0.2) is 0 Å². The minimum atomic E-state index is -0.415. The van der Waals surface area contributed by atoms with Gasteiger partial charge in [-0.05, 0) is 38.5 Å². The van der Waals surface area contributed by atoms with E-state index in [0.717, 1.165) is 22.7 Å². The fraction of sp³-hybridized carbons (Fsp3) is 0.235. The third kappa shape index (κ3) is 2.14. The Kier molecular flexibility index (Phi) is 2.67. The Morgan fingerprint density at radius 1 is 1.00 bits per heavy atom. The van der Waals surface area contributed by atoms with E-state index in [0.29, 0.717) is 0 Å². The second-order valence-corrected chi connectivity index (χ2v) is 5.41. The summed E-state index contributed by atoms with van der Waals surface area (Å²) in [6, 6.07) is 16.3. The molecule has 0 aromatic heterocycles. The van der Waals surface area contributed by atoms with E-state index in [-0.39, 0.29) is 0 Å². The summed E-state index contributed by atoms with van der Waals surface area (Å²) >= 11 is 0. The number of ether oxygens (including phenoxy) is 1. The molecule has 0 radical (unpaired) electrons. The van der Waals surface area contributed by atoms with Crippen molar-refractivity contribution in [3.8, 4) is 5.75 Å². The molecule has 3 rings (SSSR count). The zero-order valence-corrected chi connectivity index (χ0v) is 11.5. The van der Waals surface area contributed by atoms with Gasteiger partial charge < -0.3 is 4.74 Å². The molecule has 0 amide bonds. The molecular formula is C17H17NO. The third-order valence-corrected chi connectivity index (χ3v) is 3.33. The lowest BCUT2D eigenvalue weighted by atomic mass is 9.93. The summed E-state index contributed by atoms with van der Waals surface area (Å²) in [6.07, 6.45) is 0. The molecule has 2 aromatic carbocycles. The number of nitrogens with zero attached hydrogens (tertiary/aromatic N) is 1. The Labute approximate surface area is 113 Å². The monoisotopic (exact) mass is 251 g/mol. The van der Waals surface area contributed by atoms with Crippen molar-refractivity contribution in [2.45, 2.75) is 26.4 Å². The molecule has 1 aliphatic heterocycles. The summed E-state index contributed by atoms with van der Waals surface area (Å²) in [4.78, 5) is 4.80. The van der Waals surface area contributed by atoms with E-state index in [1.54, 1.807) is 0 Å². The van der Waals surface area contributed by atoms with Gasteiger partial charge in [0.2, 0.25) is 0 Å². The molecule has 0 saturated carbocycles. The molecular weight excluding hydrogens is 234 g/mol. The van der Waals surface area contributed by atoms with Crippen LogP contribution in [0.1, 0.15) is 25.0 Å². The molecule has 2 heteroatoms. The number of aliphatic imine (C=N–C) groups is 1. The maximum absolute atomic E-state index is 6.14. The quantitative estimate of drug-likeness (QED) is 0.741. The number of hydrogen-bond donors (Lipinski definition) is 0. The Morgan fingerprint density at radius 3 is 2.47 bits per heavy atom. The molecule has 0 fully saturated rings. The zero-order chi connectivity index (χ0) is 13.5. The van der Waals surface area contributed by atoms with Crippen LogP contribution in [0, 0.1) is 6.92 Å². The Balaban J connectivity index is 2.16. The van der Waals surface area contributed by atoms with Gasteiger partial charge in [-0.2, -0.15) is 0 Å². The molecule has 1 heterocycles. The Bertz CT molecular complexity index is 642. The molecule has 2 nitrogen and oxygen atoms in total. The van der Waals surface area contributed by atoms with Gasteiger partial charge in [0.1, 0.15) is 17.0 Å². The normalized spacial score (nSPS) is 16.3. The molecule has 19 heavy (non-hydrogen) atoms. The first-order chi connectivity index (χ1) is 9.06. The van der Waals surface area contributed by atoms with Crippen molar-refractivity contribution < 1.29 is 4.74 Å². The second kappa shape index (κ2) is 4.23. The molecule has 0 bridgehead atoms. The van der Waals surface area contributed by atoms with Crippen LogP contribution in [0.2, 0.25) is 0 Å². The SMILES string of the molecule is Cc1ccc2c(c1)OC(C)(C)C(c1ccccc1)=N2. The first kappa shape index (κ1) is 12.0. The number of rotatable bonds is 1. The van der Waals surface area contributed by atoms with Crippen LogP contribution in [0.3, 0.4) is 0 Å². The molecule has 1 aliphatic rings. The first-order valence-corrected chi connectivity index (χ1v) is 6.50. The predicted octanol–water partition coefficient (Wildman–Crippen LogP) is 4.29. The van der Waals surface area contributed by atoms with Crippen LogP contribution in [0.5, 0.6) is 5.75 Å². The minimum Gasteiger partial charge on any atom is -0.479 e. The van der Waals surface area contributed by atoms with E-state index < -0.39 is 5.60 Å². The van der Waals surface area contributed by atoms with Crippen LogP contribution in [0.15, 0.2) is 53.5 Å². The predicted molar refractivity (Wildman–Crippen MR) is 78.5 cm³/mol. The average molecular weight is 251 g/mol. The van der Waals surface area contributed by atoms with Crippen molar-refractivity contribution in [2.24, 2.45) is 4.99 Å². The van der Waals surface area contributed by atoms with Gasteiger partial charge >= 0.3 is 0 Å². The van der Waals surface area contributed by atoms with Gasteiger partial charge in [-0.25, -0.2) is 4.99 Å². The van der Waals surface area contributed by atoms with Crippen LogP contribution >= 0.6 is 0 Å². The Hall–Kier alpha value is -2.09. The summed E-state index contributed by atoms with van der Waals surface area (Å²) in [6.45, 7) is 6.18. The largest absolute Gasteiger partial charge is 0.479 e. The maximum atomic E-state index is 6.14. The lowest BCUT2D eigenvalue weighted by molar-refractivity contribution is 0.179. The van der Waals surface area contributed by atoms with Crippen molar-refractivity contribution >= 4 is 11.4 Å². The van der Waals surface area contributed by atoms with E-state index in [1.165, 1.54) is 5.56 Å². The number of fused-ring (bicyclic) bond motifs is 1. The molecule has 96 valence electrons. The highest BCUT2D eigenvalue weighted by Gasteiger charge is 2.33. The standard InChI is InChI=1S/C17H17NO/c1-12-9-10-14-15(11-12)19-17(2,3)16(18-14)13-7-5-4-6-8-13/h4-11H,1-3H3. The molecule has 0 unspecified atom stereocenters. The van der Waals surface area contributed by atoms with Gasteiger partial charge in [-0.3, -0.25) is 0 Å². The summed E-state index contributed by atoms with van der Waals surface area (Å²) in [5.74, 6) is 0.865. The highest BCUT2D eigenvalue weighted by atomic mass is 16.5. The average Bonchev–Trinajstić information content (AvgIpc) is 2.38. The van der Waals surface area contributed by atoms with Gasteiger partial charge in [0, 0.05) is 5.56 Å². The lowest BCUT2D eigenvalue weighted by Gasteiger charge is -2.33. The zero-order valence-electron chi connectivity index (χ0n) is 11.5. The van der Waals surface area contributed by atoms with Crippen LogP contribution in [-0.4, -0.2) is 11.3 Å². The number of benzene rings is 2. The lowest BCUT2D eigenvalue weighted by Crippen LogP contribution is -2.40. The summed E-state index contributed by atoms with van der Waals surface area (Å²) < 4.78 is 6.14. The molecule has 2 aromatic rings. The van der Waals surface area contributed by atoms with Crippen molar-refractivity contribution in [3.05, 3.63) is 59.7 Å². The number of hydrogen-bond acceptors (Lipinski definition) is 2. The highest BCUT2D eigenvalue weighted by Crippen LogP contribution is 2.38. The highest BCUT2D eigenvalue weighted by molar-refractivity contribution is 6.08. The fourth-order valence-electron chi connectivity index (χ4n) is 2.38. The summed E-state index contributed by atoms with van der Waals surface area (Å²) in [5.41, 5.74) is 3.77. The van der Waals surface area contributed by atoms with Gasteiger partial charge in [-0.15, -0.1) is 0 Å². The summed E-state index contributed by atoms with van der Waals surface area (Å²) in [5, 5.41) is 0. The van der Waals surface area contributed by atoms with Gasteiger partial charge in [-0.1, -0.05) is 36.4 Å².